The molecule has 0 N–H and O–H groups in total. The summed E-state index contributed by atoms with van der Waals surface area (Å²) in [6, 6.07) is 34.2. The van der Waals surface area contributed by atoms with Crippen LogP contribution in [-0.4, -0.2) is 15.9 Å². The van der Waals surface area contributed by atoms with E-state index in [1.165, 1.54) is 82.5 Å². The van der Waals surface area contributed by atoms with Gasteiger partial charge in [-0.05, 0) is 74.0 Å². The molecule has 8 rings (SSSR count). The number of para-hydroxylation sites is 3. The lowest BCUT2D eigenvalue weighted by atomic mass is 9.48. The van der Waals surface area contributed by atoms with Gasteiger partial charge in [0.2, 0.25) is 0 Å². The van der Waals surface area contributed by atoms with Crippen molar-refractivity contribution in [2.24, 2.45) is 0 Å². The van der Waals surface area contributed by atoms with Crippen LogP contribution in [0, 0.1) is 27.7 Å². The summed E-state index contributed by atoms with van der Waals surface area (Å²) in [7, 11) is 0. The van der Waals surface area contributed by atoms with Gasteiger partial charge in [-0.25, -0.2) is 0 Å². The molecule has 0 saturated carbocycles. The number of benzene rings is 5. The normalized spacial score (nSPS) is 12.8. The van der Waals surface area contributed by atoms with Crippen molar-refractivity contribution in [3.8, 4) is 5.69 Å². The van der Waals surface area contributed by atoms with Gasteiger partial charge < -0.3 is 9.05 Å². The van der Waals surface area contributed by atoms with Crippen LogP contribution in [0.1, 0.15) is 22.3 Å². The maximum Gasteiger partial charge on any atom is 0.332 e. The van der Waals surface area contributed by atoms with E-state index >= 15 is 0 Å². The van der Waals surface area contributed by atoms with E-state index < -0.39 is 0 Å². The van der Waals surface area contributed by atoms with Gasteiger partial charge in [0, 0.05) is 38.3 Å². The van der Waals surface area contributed by atoms with Crippen molar-refractivity contribution in [3.05, 3.63) is 113 Å². The fourth-order valence-corrected chi connectivity index (χ4v) is 7.03. The van der Waals surface area contributed by atoms with Crippen LogP contribution >= 0.6 is 0 Å². The lowest BCUT2D eigenvalue weighted by Crippen LogP contribution is -2.53. The van der Waals surface area contributed by atoms with Crippen LogP contribution in [0.5, 0.6) is 0 Å². The number of aromatic nitrogens is 2. The molecule has 3 heterocycles. The van der Waals surface area contributed by atoms with Gasteiger partial charge in [-0.1, -0.05) is 77.9 Å². The van der Waals surface area contributed by atoms with Gasteiger partial charge in [-0.3, -0.25) is 0 Å². The Hall–Kier alpha value is -4.24. The quantitative estimate of drug-likeness (QED) is 0.225. The number of hydrogen-bond acceptors (Lipinski definition) is 0. The first kappa shape index (κ1) is 20.9. The van der Waals surface area contributed by atoms with Crippen LogP contribution in [0.3, 0.4) is 0 Å². The number of hydrogen-bond donors (Lipinski definition) is 0. The Morgan fingerprint density at radius 2 is 1.19 bits per heavy atom. The molecule has 176 valence electrons. The average Bonchev–Trinajstić information content (AvgIpc) is 3.40. The van der Waals surface area contributed by atoms with Crippen LogP contribution in [0.25, 0.3) is 49.3 Å². The van der Waals surface area contributed by atoms with E-state index in [4.69, 9.17) is 0 Å². The fraction of sp³-hybridized carbons (Fsp3) is 0.118. The third-order valence-corrected chi connectivity index (χ3v) is 8.46. The molecule has 1 aliphatic heterocycles. The molecule has 0 spiro atoms. The van der Waals surface area contributed by atoms with Gasteiger partial charge in [-0.2, -0.15) is 0 Å². The number of rotatable bonds is 1. The standard InChI is InChI=1S/C34H27BN2/c1-20-15-16-30-26(17-20)27-18-21(2)19-29-34(27)36(30)31-14-6-5-13-28(31)35(29)37-32-22(3)9-7-11-24(32)25-12-8-10-23(4)33(25)37/h5-19H,1-4H3. The molecule has 1 aliphatic rings. The van der Waals surface area contributed by atoms with E-state index in [1.807, 2.05) is 0 Å². The van der Waals surface area contributed by atoms with Crippen molar-refractivity contribution in [2.75, 3.05) is 0 Å². The van der Waals surface area contributed by atoms with E-state index in [0.717, 1.165) is 0 Å². The zero-order valence-corrected chi connectivity index (χ0v) is 21.6. The highest BCUT2D eigenvalue weighted by Gasteiger charge is 2.36. The third-order valence-electron chi connectivity index (χ3n) is 8.46. The summed E-state index contributed by atoms with van der Waals surface area (Å²) in [5.74, 6) is 0. The molecule has 5 aromatic carbocycles. The summed E-state index contributed by atoms with van der Waals surface area (Å²) in [5.41, 5.74) is 14.5. The molecular weight excluding hydrogens is 447 g/mol. The van der Waals surface area contributed by atoms with Crippen molar-refractivity contribution in [2.45, 2.75) is 27.7 Å². The number of nitrogens with zero attached hydrogens (tertiary/aromatic N) is 2. The first-order valence-electron chi connectivity index (χ1n) is 13.2. The molecule has 0 aliphatic carbocycles. The van der Waals surface area contributed by atoms with Crippen molar-refractivity contribution in [1.82, 2.24) is 9.05 Å². The molecule has 3 heteroatoms. The van der Waals surface area contributed by atoms with Crippen molar-refractivity contribution in [3.63, 3.8) is 0 Å². The molecule has 0 atom stereocenters. The summed E-state index contributed by atoms with van der Waals surface area (Å²) in [4.78, 5) is 0. The second-order valence-corrected chi connectivity index (χ2v) is 10.9. The molecule has 0 amide bonds. The van der Waals surface area contributed by atoms with E-state index in [0.29, 0.717) is 0 Å². The van der Waals surface area contributed by atoms with Crippen LogP contribution in [0.15, 0.2) is 91.0 Å². The van der Waals surface area contributed by atoms with Gasteiger partial charge in [0.1, 0.15) is 0 Å². The Bertz CT molecular complexity index is 2030. The molecular formula is C34H27BN2. The topological polar surface area (TPSA) is 9.86 Å². The minimum absolute atomic E-state index is 0.0821. The van der Waals surface area contributed by atoms with Gasteiger partial charge in [0.25, 0.3) is 0 Å². The van der Waals surface area contributed by atoms with Crippen molar-refractivity contribution < 1.29 is 0 Å². The van der Waals surface area contributed by atoms with Crippen molar-refractivity contribution in [1.29, 1.82) is 0 Å². The molecule has 0 unspecified atom stereocenters. The predicted molar refractivity (Wildman–Crippen MR) is 160 cm³/mol. The van der Waals surface area contributed by atoms with Crippen molar-refractivity contribution >= 4 is 61.4 Å². The fourth-order valence-electron chi connectivity index (χ4n) is 7.03. The predicted octanol–water partition coefficient (Wildman–Crippen LogP) is 7.09. The zero-order chi connectivity index (χ0) is 25.0. The molecule has 0 radical (unpaired) electrons. The average molecular weight is 474 g/mol. The highest BCUT2D eigenvalue weighted by molar-refractivity contribution is 6.88. The summed E-state index contributed by atoms with van der Waals surface area (Å²) in [6.45, 7) is 9.04. The monoisotopic (exact) mass is 474 g/mol. The number of aryl methyl sites for hydroxylation is 4. The number of fused-ring (bicyclic) bond motifs is 8. The van der Waals surface area contributed by atoms with Crippen LogP contribution in [0.2, 0.25) is 0 Å². The summed E-state index contributed by atoms with van der Waals surface area (Å²) < 4.78 is 5.16. The van der Waals surface area contributed by atoms with E-state index in [-0.39, 0.29) is 6.85 Å². The Morgan fingerprint density at radius 3 is 1.92 bits per heavy atom. The second-order valence-electron chi connectivity index (χ2n) is 10.9. The molecule has 7 aromatic rings. The van der Waals surface area contributed by atoms with Gasteiger partial charge >= 0.3 is 6.85 Å². The van der Waals surface area contributed by atoms with Gasteiger partial charge in [-0.15, -0.1) is 0 Å². The Labute approximate surface area is 216 Å². The van der Waals surface area contributed by atoms with E-state index in [9.17, 15) is 0 Å². The van der Waals surface area contributed by atoms with Crippen LogP contribution in [0.4, 0.5) is 0 Å². The summed E-state index contributed by atoms with van der Waals surface area (Å²) in [5, 5.41) is 5.36. The summed E-state index contributed by atoms with van der Waals surface area (Å²) in [6.07, 6.45) is 0. The largest absolute Gasteiger partial charge is 0.375 e. The van der Waals surface area contributed by atoms with Gasteiger partial charge in [0.05, 0.1) is 11.0 Å². The smallest absolute Gasteiger partial charge is 0.332 e. The van der Waals surface area contributed by atoms with Crippen LogP contribution < -0.4 is 10.9 Å². The minimum atomic E-state index is 0.0821. The lowest BCUT2D eigenvalue weighted by molar-refractivity contribution is 1.17. The summed E-state index contributed by atoms with van der Waals surface area (Å²) >= 11 is 0. The first-order chi connectivity index (χ1) is 18.0. The molecule has 0 fully saturated rings. The Morgan fingerprint density at radius 1 is 0.514 bits per heavy atom. The van der Waals surface area contributed by atoms with Crippen LogP contribution in [-0.2, 0) is 0 Å². The Balaban J connectivity index is 1.64. The maximum atomic E-state index is 2.65. The molecule has 2 aromatic heterocycles. The lowest BCUT2D eigenvalue weighted by Gasteiger charge is -2.29. The van der Waals surface area contributed by atoms with Gasteiger partial charge in [0.15, 0.2) is 0 Å². The minimum Gasteiger partial charge on any atom is -0.375 e. The highest BCUT2D eigenvalue weighted by atomic mass is 15.0. The Kier molecular flexibility index (Phi) is 4.05. The third kappa shape index (κ3) is 2.61. The molecule has 37 heavy (non-hydrogen) atoms. The van der Waals surface area contributed by atoms with E-state index in [1.54, 1.807) is 0 Å². The molecule has 0 bridgehead atoms. The highest BCUT2D eigenvalue weighted by Crippen LogP contribution is 2.37. The molecule has 2 nitrogen and oxygen atoms in total. The molecule has 0 saturated heterocycles. The maximum absolute atomic E-state index is 2.65. The first-order valence-corrected chi connectivity index (χ1v) is 13.2. The zero-order valence-electron chi connectivity index (χ0n) is 21.6. The van der Waals surface area contributed by atoms with E-state index in [2.05, 4.69) is 128 Å². The SMILES string of the molecule is Cc1ccc2c(c1)c1cc(C)cc3c1n2-c1ccccc1B3n1c2c(C)cccc2c2cccc(C)c21. The second kappa shape index (κ2) is 7.17.